The summed E-state index contributed by atoms with van der Waals surface area (Å²) < 4.78 is 28.1. The minimum atomic E-state index is -3.88. The summed E-state index contributed by atoms with van der Waals surface area (Å²) in [7, 11) is -3.88. The number of halogens is 1. The van der Waals surface area contributed by atoms with Crippen LogP contribution in [0.4, 0.5) is 5.69 Å². The first-order valence-electron chi connectivity index (χ1n) is 8.74. The number of carbonyl (C=O) groups excluding carboxylic acids is 1. The van der Waals surface area contributed by atoms with Gasteiger partial charge in [-0.1, -0.05) is 17.7 Å². The highest BCUT2D eigenvalue weighted by atomic mass is 35.5. The fourth-order valence-corrected chi connectivity index (χ4v) is 4.59. The van der Waals surface area contributed by atoms with Crippen molar-refractivity contribution in [2.45, 2.75) is 32.2 Å². The molecule has 0 saturated heterocycles. The second-order valence-corrected chi connectivity index (χ2v) is 9.64. The van der Waals surface area contributed by atoms with Gasteiger partial charge >= 0.3 is 0 Å². The number of aromatic nitrogens is 1. The van der Waals surface area contributed by atoms with Crippen molar-refractivity contribution in [3.63, 3.8) is 0 Å². The van der Waals surface area contributed by atoms with Crippen LogP contribution in [0.1, 0.15) is 32.2 Å². The predicted octanol–water partition coefficient (Wildman–Crippen LogP) is 4.45. The SMILES string of the molecule is Cc1csc(CNC(=O)c2cc(S(=O)(=O)Nc3ccc(C)c(C)c3)ccc2Cl)n1. The summed E-state index contributed by atoms with van der Waals surface area (Å²) in [4.78, 5) is 16.8. The molecule has 29 heavy (non-hydrogen) atoms. The number of amides is 1. The third-order valence-electron chi connectivity index (χ3n) is 4.32. The Hall–Kier alpha value is -2.42. The molecule has 2 N–H and O–H groups in total. The van der Waals surface area contributed by atoms with Crippen molar-refractivity contribution in [2.24, 2.45) is 0 Å². The van der Waals surface area contributed by atoms with Gasteiger partial charge in [-0.05, 0) is 62.2 Å². The molecule has 0 aliphatic heterocycles. The number of anilines is 1. The highest BCUT2D eigenvalue weighted by molar-refractivity contribution is 7.92. The number of nitrogens with zero attached hydrogens (tertiary/aromatic N) is 1. The van der Waals surface area contributed by atoms with Gasteiger partial charge in [0.15, 0.2) is 0 Å². The minimum absolute atomic E-state index is 0.0460. The molecule has 0 fully saturated rings. The van der Waals surface area contributed by atoms with Crippen LogP contribution < -0.4 is 10.0 Å². The normalized spacial score (nSPS) is 11.3. The molecule has 2 aromatic carbocycles. The number of benzene rings is 2. The first-order chi connectivity index (χ1) is 13.7. The number of hydrogen-bond acceptors (Lipinski definition) is 5. The number of hydrogen-bond donors (Lipinski definition) is 2. The zero-order chi connectivity index (χ0) is 21.2. The van der Waals surface area contributed by atoms with E-state index in [0.717, 1.165) is 21.8 Å². The van der Waals surface area contributed by atoms with Gasteiger partial charge < -0.3 is 5.32 Å². The lowest BCUT2D eigenvalue weighted by molar-refractivity contribution is 0.0951. The Labute approximate surface area is 179 Å². The lowest BCUT2D eigenvalue weighted by Gasteiger charge is -2.12. The van der Waals surface area contributed by atoms with Gasteiger partial charge in [0.2, 0.25) is 0 Å². The number of nitrogens with one attached hydrogen (secondary N) is 2. The summed E-state index contributed by atoms with van der Waals surface area (Å²) in [6.45, 7) is 5.97. The summed E-state index contributed by atoms with van der Waals surface area (Å²) in [6.07, 6.45) is 0. The van der Waals surface area contributed by atoms with Gasteiger partial charge in [0.1, 0.15) is 5.01 Å². The van der Waals surface area contributed by atoms with E-state index in [1.54, 1.807) is 12.1 Å². The fourth-order valence-electron chi connectivity index (χ4n) is 2.60. The number of rotatable bonds is 6. The molecule has 0 spiro atoms. The van der Waals surface area contributed by atoms with E-state index in [4.69, 9.17) is 11.6 Å². The second kappa shape index (κ2) is 8.52. The van der Waals surface area contributed by atoms with Gasteiger partial charge in [0.05, 0.1) is 22.0 Å². The molecular weight excluding hydrogens is 430 g/mol. The van der Waals surface area contributed by atoms with Crippen molar-refractivity contribution in [2.75, 3.05) is 4.72 Å². The maximum absolute atomic E-state index is 12.8. The van der Waals surface area contributed by atoms with Gasteiger partial charge in [0.25, 0.3) is 15.9 Å². The fraction of sp³-hybridized carbons (Fsp3) is 0.200. The molecule has 3 aromatic rings. The largest absolute Gasteiger partial charge is 0.345 e. The Morgan fingerprint density at radius 2 is 1.86 bits per heavy atom. The summed E-state index contributed by atoms with van der Waals surface area (Å²) >= 11 is 7.57. The molecule has 1 amide bonds. The highest BCUT2D eigenvalue weighted by Gasteiger charge is 2.19. The Bertz CT molecular complexity index is 1170. The van der Waals surface area contributed by atoms with Crippen LogP contribution in [-0.4, -0.2) is 19.3 Å². The Morgan fingerprint density at radius 3 is 2.52 bits per heavy atom. The average molecular weight is 450 g/mol. The zero-order valence-electron chi connectivity index (χ0n) is 16.1. The van der Waals surface area contributed by atoms with E-state index in [9.17, 15) is 13.2 Å². The molecule has 1 heterocycles. The lowest BCUT2D eigenvalue weighted by atomic mass is 10.1. The van der Waals surface area contributed by atoms with Gasteiger partial charge in [-0.3, -0.25) is 9.52 Å². The molecule has 0 unspecified atom stereocenters. The maximum atomic E-state index is 12.8. The molecule has 0 atom stereocenters. The van der Waals surface area contributed by atoms with Crippen LogP contribution in [0, 0.1) is 20.8 Å². The van der Waals surface area contributed by atoms with E-state index < -0.39 is 15.9 Å². The summed E-state index contributed by atoms with van der Waals surface area (Å²) in [5.41, 5.74) is 3.45. The van der Waals surface area contributed by atoms with E-state index in [1.165, 1.54) is 29.5 Å². The zero-order valence-corrected chi connectivity index (χ0v) is 18.5. The third-order valence-corrected chi connectivity index (χ3v) is 6.99. The number of thiazole rings is 1. The highest BCUT2D eigenvalue weighted by Crippen LogP contribution is 2.24. The Morgan fingerprint density at radius 1 is 1.10 bits per heavy atom. The van der Waals surface area contributed by atoms with Crippen LogP contribution >= 0.6 is 22.9 Å². The molecule has 0 aliphatic carbocycles. The van der Waals surface area contributed by atoms with Gasteiger partial charge in [-0.15, -0.1) is 11.3 Å². The van der Waals surface area contributed by atoms with E-state index in [2.05, 4.69) is 15.0 Å². The van der Waals surface area contributed by atoms with Crippen LogP contribution in [0.2, 0.25) is 5.02 Å². The third kappa shape index (κ3) is 5.14. The first-order valence-corrected chi connectivity index (χ1v) is 11.5. The number of aryl methyl sites for hydroxylation is 3. The number of sulfonamides is 1. The van der Waals surface area contributed by atoms with Crippen LogP contribution in [0.25, 0.3) is 0 Å². The molecule has 152 valence electrons. The van der Waals surface area contributed by atoms with E-state index in [-0.39, 0.29) is 22.0 Å². The van der Waals surface area contributed by atoms with Crippen LogP contribution in [0.5, 0.6) is 0 Å². The molecule has 0 aliphatic rings. The van der Waals surface area contributed by atoms with Crippen LogP contribution in [-0.2, 0) is 16.6 Å². The van der Waals surface area contributed by atoms with Gasteiger partial charge in [0, 0.05) is 16.8 Å². The van der Waals surface area contributed by atoms with Crippen LogP contribution in [0.15, 0.2) is 46.7 Å². The molecular formula is C20H20ClN3O3S2. The lowest BCUT2D eigenvalue weighted by Crippen LogP contribution is -2.23. The quantitative estimate of drug-likeness (QED) is 0.581. The van der Waals surface area contributed by atoms with Crippen molar-refractivity contribution >= 4 is 44.6 Å². The van der Waals surface area contributed by atoms with Gasteiger partial charge in [-0.25, -0.2) is 13.4 Å². The molecule has 3 rings (SSSR count). The molecule has 9 heteroatoms. The molecule has 0 saturated carbocycles. The maximum Gasteiger partial charge on any atom is 0.261 e. The number of carbonyl (C=O) groups is 1. The monoisotopic (exact) mass is 449 g/mol. The van der Waals surface area contributed by atoms with E-state index in [1.807, 2.05) is 32.2 Å². The molecule has 0 bridgehead atoms. The molecule has 0 radical (unpaired) electrons. The average Bonchev–Trinajstić information content (AvgIpc) is 3.08. The summed E-state index contributed by atoms with van der Waals surface area (Å²) in [5.74, 6) is -0.467. The summed E-state index contributed by atoms with van der Waals surface area (Å²) in [6, 6.07) is 9.33. The summed E-state index contributed by atoms with van der Waals surface area (Å²) in [5, 5.41) is 5.54. The molecule has 6 nitrogen and oxygen atoms in total. The Kier molecular flexibility index (Phi) is 6.26. The Balaban J connectivity index is 1.81. The van der Waals surface area contributed by atoms with E-state index >= 15 is 0 Å². The van der Waals surface area contributed by atoms with Crippen molar-refractivity contribution < 1.29 is 13.2 Å². The van der Waals surface area contributed by atoms with E-state index in [0.29, 0.717) is 5.69 Å². The predicted molar refractivity (Wildman–Crippen MR) is 116 cm³/mol. The smallest absolute Gasteiger partial charge is 0.261 e. The van der Waals surface area contributed by atoms with Crippen molar-refractivity contribution in [3.8, 4) is 0 Å². The van der Waals surface area contributed by atoms with Crippen molar-refractivity contribution in [1.29, 1.82) is 0 Å². The minimum Gasteiger partial charge on any atom is -0.345 e. The standard InChI is InChI=1S/C20H20ClN3O3S2/c1-12-4-5-15(8-13(12)2)24-29(26,27)16-6-7-18(21)17(9-16)20(25)22-10-19-23-14(3)11-28-19/h4-9,11,24H,10H2,1-3H3,(H,22,25). The molecule has 1 aromatic heterocycles. The second-order valence-electron chi connectivity index (χ2n) is 6.61. The van der Waals surface area contributed by atoms with Crippen LogP contribution in [0.3, 0.4) is 0 Å². The van der Waals surface area contributed by atoms with Gasteiger partial charge in [-0.2, -0.15) is 0 Å². The van der Waals surface area contributed by atoms with Crippen molar-refractivity contribution in [3.05, 3.63) is 74.2 Å². The first kappa shape index (κ1) is 21.3. The topological polar surface area (TPSA) is 88.2 Å². The van der Waals surface area contributed by atoms with Crippen molar-refractivity contribution in [1.82, 2.24) is 10.3 Å².